The van der Waals surface area contributed by atoms with Crippen LogP contribution in [0.25, 0.3) is 6.08 Å². The minimum absolute atomic E-state index is 1.19. The van der Waals surface area contributed by atoms with Crippen LogP contribution in [-0.2, 0) is 0 Å². The van der Waals surface area contributed by atoms with Gasteiger partial charge in [0, 0.05) is 0 Å². The zero-order valence-corrected chi connectivity index (χ0v) is 9.98. The van der Waals surface area contributed by atoms with Gasteiger partial charge in [0.25, 0.3) is 0 Å². The third-order valence-electron chi connectivity index (χ3n) is 2.22. The van der Waals surface area contributed by atoms with Gasteiger partial charge in [0.05, 0.1) is 0 Å². The average Bonchev–Trinajstić information content (AvgIpc) is 2.31. The second kappa shape index (κ2) is 6.62. The van der Waals surface area contributed by atoms with Gasteiger partial charge in [-0.25, -0.2) is 0 Å². The Labute approximate surface area is 98.3 Å². The quantitative estimate of drug-likeness (QED) is 0.643. The van der Waals surface area contributed by atoms with Crippen LogP contribution in [0.4, 0.5) is 0 Å². The Morgan fingerprint density at radius 3 is 1.81 bits per heavy atom. The first-order valence-corrected chi connectivity index (χ1v) is 5.43. The van der Waals surface area contributed by atoms with Crippen LogP contribution in [0.5, 0.6) is 0 Å². The highest BCUT2D eigenvalue weighted by molar-refractivity contribution is 5.47. The van der Waals surface area contributed by atoms with Crippen molar-refractivity contribution in [2.24, 2.45) is 0 Å². The summed E-state index contributed by atoms with van der Waals surface area (Å²) < 4.78 is 0. The SMILES string of the molecule is C=Cc1cccc(C)c1.Cc1ccccc1. The second-order valence-corrected chi connectivity index (χ2v) is 3.77. The van der Waals surface area contributed by atoms with E-state index in [1.54, 1.807) is 0 Å². The molecule has 0 spiro atoms. The smallest absolute Gasteiger partial charge is 0.0260 e. The van der Waals surface area contributed by atoms with Crippen LogP contribution in [0.1, 0.15) is 16.7 Å². The van der Waals surface area contributed by atoms with Crippen molar-refractivity contribution in [2.45, 2.75) is 13.8 Å². The Hall–Kier alpha value is -1.82. The van der Waals surface area contributed by atoms with Crippen LogP contribution in [0, 0.1) is 13.8 Å². The van der Waals surface area contributed by atoms with Crippen LogP contribution in [0.2, 0.25) is 0 Å². The van der Waals surface area contributed by atoms with E-state index in [1.807, 2.05) is 36.4 Å². The first-order valence-electron chi connectivity index (χ1n) is 5.43. The molecule has 0 aliphatic heterocycles. The summed E-state index contributed by atoms with van der Waals surface area (Å²) in [5, 5.41) is 0. The van der Waals surface area contributed by atoms with Crippen molar-refractivity contribution in [3.05, 3.63) is 77.9 Å². The molecule has 0 aliphatic rings. The summed E-state index contributed by atoms with van der Waals surface area (Å²) in [7, 11) is 0. The Kier molecular flexibility index (Phi) is 5.07. The molecular weight excluding hydrogens is 192 g/mol. The number of aryl methyl sites for hydroxylation is 2. The van der Waals surface area contributed by atoms with Crippen molar-refractivity contribution in [3.63, 3.8) is 0 Å². The van der Waals surface area contributed by atoms with Gasteiger partial charge < -0.3 is 0 Å². The van der Waals surface area contributed by atoms with E-state index < -0.39 is 0 Å². The van der Waals surface area contributed by atoms with Crippen molar-refractivity contribution >= 4 is 6.08 Å². The van der Waals surface area contributed by atoms with E-state index in [2.05, 4.69) is 44.7 Å². The zero-order chi connectivity index (χ0) is 11.8. The van der Waals surface area contributed by atoms with Crippen LogP contribution in [0.15, 0.2) is 61.2 Å². The van der Waals surface area contributed by atoms with E-state index in [-0.39, 0.29) is 0 Å². The van der Waals surface area contributed by atoms with Gasteiger partial charge in [-0.3, -0.25) is 0 Å². The molecule has 0 nitrogen and oxygen atoms in total. The van der Waals surface area contributed by atoms with E-state index in [0.29, 0.717) is 0 Å². The lowest BCUT2D eigenvalue weighted by atomic mass is 10.1. The van der Waals surface area contributed by atoms with Gasteiger partial charge in [-0.15, -0.1) is 0 Å². The maximum atomic E-state index is 3.67. The summed E-state index contributed by atoms with van der Waals surface area (Å²) in [5.74, 6) is 0. The fourth-order valence-corrected chi connectivity index (χ4v) is 1.33. The predicted octanol–water partition coefficient (Wildman–Crippen LogP) is 4.63. The molecule has 0 saturated heterocycles. The molecule has 0 N–H and O–H groups in total. The molecule has 0 aliphatic carbocycles. The van der Waals surface area contributed by atoms with Gasteiger partial charge in [-0.2, -0.15) is 0 Å². The number of hydrogen-bond acceptors (Lipinski definition) is 0. The van der Waals surface area contributed by atoms with E-state index >= 15 is 0 Å². The molecular formula is C16H18. The lowest BCUT2D eigenvalue weighted by Crippen LogP contribution is -1.72. The lowest BCUT2D eigenvalue weighted by Gasteiger charge is -1.92. The molecule has 0 heterocycles. The van der Waals surface area contributed by atoms with Crippen LogP contribution < -0.4 is 0 Å². The van der Waals surface area contributed by atoms with Crippen molar-refractivity contribution in [1.82, 2.24) is 0 Å². The molecule has 16 heavy (non-hydrogen) atoms. The zero-order valence-electron chi connectivity index (χ0n) is 9.98. The molecule has 0 bridgehead atoms. The van der Waals surface area contributed by atoms with Gasteiger partial charge in [-0.1, -0.05) is 78.4 Å². The van der Waals surface area contributed by atoms with Crippen LogP contribution in [0.3, 0.4) is 0 Å². The predicted molar refractivity (Wildman–Crippen MR) is 72.4 cm³/mol. The number of rotatable bonds is 1. The lowest BCUT2D eigenvalue weighted by molar-refractivity contribution is 1.46. The Morgan fingerprint density at radius 2 is 1.44 bits per heavy atom. The fraction of sp³-hybridized carbons (Fsp3) is 0.125. The third-order valence-corrected chi connectivity index (χ3v) is 2.22. The van der Waals surface area contributed by atoms with Crippen LogP contribution >= 0.6 is 0 Å². The fourth-order valence-electron chi connectivity index (χ4n) is 1.33. The molecule has 0 aromatic heterocycles. The minimum Gasteiger partial charge on any atom is -0.0985 e. The van der Waals surface area contributed by atoms with E-state index in [4.69, 9.17) is 0 Å². The van der Waals surface area contributed by atoms with E-state index in [0.717, 1.165) is 0 Å². The first kappa shape index (κ1) is 12.3. The largest absolute Gasteiger partial charge is 0.0985 e. The van der Waals surface area contributed by atoms with Crippen molar-refractivity contribution in [1.29, 1.82) is 0 Å². The molecule has 0 fully saturated rings. The summed E-state index contributed by atoms with van der Waals surface area (Å²) >= 11 is 0. The first-order chi connectivity index (χ1) is 7.72. The third kappa shape index (κ3) is 4.61. The summed E-state index contributed by atoms with van der Waals surface area (Å²) in [4.78, 5) is 0. The topological polar surface area (TPSA) is 0 Å². The van der Waals surface area contributed by atoms with Gasteiger partial charge in [0.2, 0.25) is 0 Å². The molecule has 2 rings (SSSR count). The highest BCUT2D eigenvalue weighted by Gasteiger charge is 1.83. The summed E-state index contributed by atoms with van der Waals surface area (Å²) in [5.41, 5.74) is 3.80. The Bertz CT molecular complexity index is 427. The molecule has 0 heteroatoms. The number of hydrogen-bond donors (Lipinski definition) is 0. The summed E-state index contributed by atoms with van der Waals surface area (Å²) in [6, 6.07) is 18.5. The van der Waals surface area contributed by atoms with Crippen LogP contribution in [-0.4, -0.2) is 0 Å². The molecule has 0 unspecified atom stereocenters. The molecule has 0 amide bonds. The second-order valence-electron chi connectivity index (χ2n) is 3.77. The van der Waals surface area contributed by atoms with E-state index in [1.165, 1.54) is 16.7 Å². The van der Waals surface area contributed by atoms with Crippen molar-refractivity contribution < 1.29 is 0 Å². The monoisotopic (exact) mass is 210 g/mol. The molecule has 82 valence electrons. The molecule has 2 aromatic carbocycles. The molecule has 2 aromatic rings. The van der Waals surface area contributed by atoms with Gasteiger partial charge in [-0.05, 0) is 19.4 Å². The highest BCUT2D eigenvalue weighted by atomic mass is 13.9. The standard InChI is InChI=1S/C9H10.C7H8/c1-3-9-6-4-5-8(2)7-9;1-7-5-3-2-4-6-7/h3-7H,1H2,2H3;2-6H,1H3. The summed E-state index contributed by atoms with van der Waals surface area (Å²) in [6.45, 7) is 7.83. The maximum absolute atomic E-state index is 3.67. The van der Waals surface area contributed by atoms with Crippen molar-refractivity contribution in [2.75, 3.05) is 0 Å². The Morgan fingerprint density at radius 1 is 0.812 bits per heavy atom. The number of benzene rings is 2. The highest BCUT2D eigenvalue weighted by Crippen LogP contribution is 2.03. The van der Waals surface area contributed by atoms with Gasteiger partial charge >= 0.3 is 0 Å². The normalized spacial score (nSPS) is 8.88. The van der Waals surface area contributed by atoms with Gasteiger partial charge in [0.1, 0.15) is 0 Å². The average molecular weight is 210 g/mol. The molecule has 0 saturated carbocycles. The maximum Gasteiger partial charge on any atom is -0.0260 e. The Balaban J connectivity index is 0.000000165. The summed E-state index contributed by atoms with van der Waals surface area (Å²) in [6.07, 6.45) is 1.85. The molecule has 0 atom stereocenters. The van der Waals surface area contributed by atoms with E-state index in [9.17, 15) is 0 Å². The van der Waals surface area contributed by atoms with Gasteiger partial charge in [0.15, 0.2) is 0 Å². The molecule has 0 radical (unpaired) electrons. The minimum atomic E-state index is 1.19. The van der Waals surface area contributed by atoms with Crippen molar-refractivity contribution in [3.8, 4) is 0 Å².